The number of hydrogen-bond donors (Lipinski definition) is 1. The van der Waals surface area contributed by atoms with Crippen molar-refractivity contribution in [1.82, 2.24) is 9.80 Å². The molecule has 1 aliphatic rings. The minimum Gasteiger partial charge on any atom is -0.396 e. The van der Waals surface area contributed by atoms with Crippen molar-refractivity contribution in [3.05, 3.63) is 35.6 Å². The Bertz CT molecular complexity index is 439. The Labute approximate surface area is 127 Å². The summed E-state index contributed by atoms with van der Waals surface area (Å²) >= 11 is 0. The number of aliphatic hydroxyl groups excluding tert-OH is 1. The van der Waals surface area contributed by atoms with Gasteiger partial charge in [0, 0.05) is 32.3 Å². The van der Waals surface area contributed by atoms with Crippen LogP contribution >= 0.6 is 0 Å². The summed E-state index contributed by atoms with van der Waals surface area (Å²) in [5.41, 5.74) is 1.04. The zero-order chi connectivity index (χ0) is 15.2. The molecule has 1 saturated heterocycles. The largest absolute Gasteiger partial charge is 0.396 e. The highest BCUT2D eigenvalue weighted by Gasteiger charge is 2.24. The molecule has 2 rings (SSSR count). The third kappa shape index (κ3) is 5.06. The molecule has 0 amide bonds. The summed E-state index contributed by atoms with van der Waals surface area (Å²) < 4.78 is 13.2. The van der Waals surface area contributed by atoms with Crippen LogP contribution in [0.15, 0.2) is 24.3 Å². The van der Waals surface area contributed by atoms with Gasteiger partial charge >= 0.3 is 0 Å². The van der Waals surface area contributed by atoms with Crippen molar-refractivity contribution in [2.24, 2.45) is 5.92 Å². The van der Waals surface area contributed by atoms with E-state index in [4.69, 9.17) is 0 Å². The van der Waals surface area contributed by atoms with Crippen LogP contribution in [-0.2, 0) is 6.42 Å². The van der Waals surface area contributed by atoms with Gasteiger partial charge in [0.05, 0.1) is 0 Å². The van der Waals surface area contributed by atoms with Gasteiger partial charge in [0.25, 0.3) is 0 Å². The van der Waals surface area contributed by atoms with E-state index in [1.54, 1.807) is 12.1 Å². The van der Waals surface area contributed by atoms with Crippen LogP contribution in [0.1, 0.15) is 18.4 Å². The van der Waals surface area contributed by atoms with Gasteiger partial charge in [-0.3, -0.25) is 0 Å². The van der Waals surface area contributed by atoms with Crippen LogP contribution in [0.25, 0.3) is 0 Å². The van der Waals surface area contributed by atoms with Crippen LogP contribution in [-0.4, -0.2) is 61.3 Å². The molecule has 1 N–H and O–H groups in total. The van der Waals surface area contributed by atoms with Crippen molar-refractivity contribution < 1.29 is 9.50 Å². The maximum absolute atomic E-state index is 13.2. The molecule has 1 aromatic carbocycles. The van der Waals surface area contributed by atoms with Gasteiger partial charge < -0.3 is 14.9 Å². The predicted octanol–water partition coefficient (Wildman–Crippen LogP) is 2.00. The highest BCUT2D eigenvalue weighted by Crippen LogP contribution is 2.19. The number of likely N-dealkylation sites (N-methyl/N-ethyl adjacent to an activating group) is 1. The van der Waals surface area contributed by atoms with Crippen molar-refractivity contribution in [1.29, 1.82) is 0 Å². The lowest BCUT2D eigenvalue weighted by Gasteiger charge is -2.28. The van der Waals surface area contributed by atoms with E-state index in [9.17, 15) is 9.50 Å². The standard InChI is InChI=1S/C17H27FN2O/c1-19(2)17-7-6-15(13-21)11-20(12-17)9-8-14-4-3-5-16(18)10-14/h3-5,10,15,17,21H,6-9,11-13H2,1-2H3/t15-,17+/m0/s1. The van der Waals surface area contributed by atoms with Crippen LogP contribution in [0.3, 0.4) is 0 Å². The second kappa shape index (κ2) is 7.87. The van der Waals surface area contributed by atoms with Crippen molar-refractivity contribution in [3.63, 3.8) is 0 Å². The maximum Gasteiger partial charge on any atom is 0.123 e. The topological polar surface area (TPSA) is 26.7 Å². The summed E-state index contributed by atoms with van der Waals surface area (Å²) in [6.45, 7) is 3.15. The van der Waals surface area contributed by atoms with Crippen LogP contribution in [0.5, 0.6) is 0 Å². The minimum absolute atomic E-state index is 0.164. The summed E-state index contributed by atoms with van der Waals surface area (Å²) in [6, 6.07) is 7.39. The van der Waals surface area contributed by atoms with Crippen LogP contribution < -0.4 is 0 Å². The normalized spacial score (nSPS) is 24.2. The number of rotatable bonds is 5. The third-order valence-electron chi connectivity index (χ3n) is 4.49. The molecular weight excluding hydrogens is 267 g/mol. The van der Waals surface area contributed by atoms with Crippen molar-refractivity contribution in [3.8, 4) is 0 Å². The van der Waals surface area contributed by atoms with E-state index in [2.05, 4.69) is 23.9 Å². The predicted molar refractivity (Wildman–Crippen MR) is 83.8 cm³/mol. The molecule has 118 valence electrons. The first-order chi connectivity index (χ1) is 10.1. The average molecular weight is 294 g/mol. The van der Waals surface area contributed by atoms with Crippen LogP contribution in [0.2, 0.25) is 0 Å². The van der Waals surface area contributed by atoms with Crippen molar-refractivity contribution in [2.75, 3.05) is 40.3 Å². The first-order valence-corrected chi connectivity index (χ1v) is 7.82. The number of hydrogen-bond acceptors (Lipinski definition) is 3. The molecule has 0 unspecified atom stereocenters. The highest BCUT2D eigenvalue weighted by atomic mass is 19.1. The lowest BCUT2D eigenvalue weighted by molar-refractivity contribution is 0.164. The van der Waals surface area contributed by atoms with Gasteiger partial charge in [0.1, 0.15) is 5.82 Å². The summed E-state index contributed by atoms with van der Waals surface area (Å²) in [6.07, 6.45) is 3.07. The van der Waals surface area contributed by atoms with Gasteiger partial charge in [-0.15, -0.1) is 0 Å². The van der Waals surface area contributed by atoms with Gasteiger partial charge in [-0.25, -0.2) is 4.39 Å². The van der Waals surface area contributed by atoms with Crippen LogP contribution in [0, 0.1) is 11.7 Å². The van der Waals surface area contributed by atoms with E-state index in [0.29, 0.717) is 12.0 Å². The quantitative estimate of drug-likeness (QED) is 0.900. The molecule has 0 radical (unpaired) electrons. The zero-order valence-electron chi connectivity index (χ0n) is 13.1. The Balaban J connectivity index is 1.95. The maximum atomic E-state index is 13.2. The van der Waals surface area contributed by atoms with Gasteiger partial charge in [0.15, 0.2) is 0 Å². The number of benzene rings is 1. The fourth-order valence-electron chi connectivity index (χ4n) is 3.08. The first kappa shape index (κ1) is 16.4. The fraction of sp³-hybridized carbons (Fsp3) is 0.647. The molecule has 3 nitrogen and oxygen atoms in total. The van der Waals surface area contributed by atoms with Gasteiger partial charge in [-0.2, -0.15) is 0 Å². The third-order valence-corrected chi connectivity index (χ3v) is 4.49. The van der Waals surface area contributed by atoms with Gasteiger partial charge in [0.2, 0.25) is 0 Å². The monoisotopic (exact) mass is 294 g/mol. The minimum atomic E-state index is -0.164. The van der Waals surface area contributed by atoms with Crippen molar-refractivity contribution >= 4 is 0 Å². The summed E-state index contributed by atoms with van der Waals surface area (Å²) in [7, 11) is 4.24. The van der Waals surface area contributed by atoms with E-state index in [-0.39, 0.29) is 12.4 Å². The Morgan fingerprint density at radius 1 is 1.29 bits per heavy atom. The molecule has 1 heterocycles. The first-order valence-electron chi connectivity index (χ1n) is 7.82. The molecule has 0 spiro atoms. The lowest BCUT2D eigenvalue weighted by Crippen LogP contribution is -2.40. The molecular formula is C17H27FN2O. The molecule has 0 saturated carbocycles. The van der Waals surface area contributed by atoms with E-state index in [1.807, 2.05) is 6.07 Å². The fourth-order valence-corrected chi connectivity index (χ4v) is 3.08. The second-order valence-corrected chi connectivity index (χ2v) is 6.38. The molecule has 0 aromatic heterocycles. The van der Waals surface area contributed by atoms with Gasteiger partial charge in [-0.05, 0) is 57.0 Å². The molecule has 0 bridgehead atoms. The SMILES string of the molecule is CN(C)[C@@H]1CC[C@H](CO)CN(CCc2cccc(F)c2)C1. The highest BCUT2D eigenvalue weighted by molar-refractivity contribution is 5.16. The molecule has 4 heteroatoms. The number of halogens is 1. The Kier molecular flexibility index (Phi) is 6.15. The Morgan fingerprint density at radius 3 is 2.76 bits per heavy atom. The van der Waals surface area contributed by atoms with Crippen LogP contribution in [0.4, 0.5) is 4.39 Å². The van der Waals surface area contributed by atoms with Crippen molar-refractivity contribution in [2.45, 2.75) is 25.3 Å². The molecule has 21 heavy (non-hydrogen) atoms. The summed E-state index contributed by atoms with van der Waals surface area (Å²) in [5.74, 6) is 0.199. The number of aliphatic hydroxyl groups is 1. The molecule has 0 aliphatic carbocycles. The summed E-state index contributed by atoms with van der Waals surface area (Å²) in [5, 5.41) is 9.49. The Hall–Kier alpha value is -0.970. The molecule has 1 aromatic rings. The smallest absolute Gasteiger partial charge is 0.123 e. The molecule has 2 atom stereocenters. The Morgan fingerprint density at radius 2 is 2.10 bits per heavy atom. The van der Waals surface area contributed by atoms with E-state index >= 15 is 0 Å². The van der Waals surface area contributed by atoms with E-state index in [0.717, 1.165) is 44.5 Å². The summed E-state index contributed by atoms with van der Waals surface area (Å²) in [4.78, 5) is 4.69. The number of nitrogens with zero attached hydrogens (tertiary/aromatic N) is 2. The molecule has 1 aliphatic heterocycles. The second-order valence-electron chi connectivity index (χ2n) is 6.38. The number of likely N-dealkylation sites (tertiary alicyclic amines) is 1. The molecule has 1 fully saturated rings. The van der Waals surface area contributed by atoms with E-state index in [1.165, 1.54) is 6.07 Å². The lowest BCUT2D eigenvalue weighted by atomic mass is 10.0. The zero-order valence-corrected chi connectivity index (χ0v) is 13.1. The average Bonchev–Trinajstić information content (AvgIpc) is 2.67. The van der Waals surface area contributed by atoms with E-state index < -0.39 is 0 Å². The van der Waals surface area contributed by atoms with Gasteiger partial charge in [-0.1, -0.05) is 12.1 Å².